The van der Waals surface area contributed by atoms with Gasteiger partial charge < -0.3 is 5.32 Å². The van der Waals surface area contributed by atoms with Crippen LogP contribution in [0.3, 0.4) is 0 Å². The van der Waals surface area contributed by atoms with Gasteiger partial charge in [-0.3, -0.25) is 4.79 Å². The van der Waals surface area contributed by atoms with E-state index >= 15 is 0 Å². The molecular weight excluding hydrogens is 358 g/mol. The maximum Gasteiger partial charge on any atom is 0.230 e. The van der Waals surface area contributed by atoms with Gasteiger partial charge in [-0.2, -0.15) is 4.68 Å². The number of hydrogen-bond donors (Lipinski definition) is 1. The van der Waals surface area contributed by atoms with Crippen LogP contribution in [0.1, 0.15) is 46.0 Å². The molecule has 0 radical (unpaired) electrons. The lowest BCUT2D eigenvalue weighted by Crippen LogP contribution is -2.33. The average molecular weight is 382 g/mol. The minimum atomic E-state index is -0.00125. The van der Waals surface area contributed by atoms with E-state index in [2.05, 4.69) is 27.8 Å². The maximum absolute atomic E-state index is 12.1. The van der Waals surface area contributed by atoms with Crippen LogP contribution in [0.25, 0.3) is 5.69 Å². The Morgan fingerprint density at radius 2 is 2.04 bits per heavy atom. The van der Waals surface area contributed by atoms with Crippen LogP contribution in [0.15, 0.2) is 29.4 Å². The first-order valence-electron chi connectivity index (χ1n) is 8.56. The van der Waals surface area contributed by atoms with Crippen LogP contribution < -0.4 is 5.32 Å². The molecule has 8 heteroatoms. The van der Waals surface area contributed by atoms with Gasteiger partial charge in [0.05, 0.1) is 11.4 Å². The Bertz CT molecular complexity index is 661. The van der Waals surface area contributed by atoms with E-state index in [0.29, 0.717) is 10.2 Å². The number of nitrogens with zero attached hydrogens (tertiary/aromatic N) is 4. The minimum absolute atomic E-state index is 0.00125. The van der Waals surface area contributed by atoms with Crippen LogP contribution in [-0.2, 0) is 4.79 Å². The number of unbranched alkanes of at least 4 members (excludes halogenated alkanes) is 3. The molecule has 1 amide bonds. The molecule has 2 aromatic rings. The van der Waals surface area contributed by atoms with Crippen molar-refractivity contribution in [2.45, 2.75) is 57.1 Å². The molecule has 0 aliphatic rings. The molecule has 6 nitrogen and oxygen atoms in total. The zero-order valence-electron chi connectivity index (χ0n) is 14.6. The number of nitrogens with one attached hydrogen (secondary N) is 1. The Morgan fingerprint density at radius 3 is 2.76 bits per heavy atom. The molecule has 0 aliphatic heterocycles. The van der Waals surface area contributed by atoms with Crippen molar-refractivity contribution in [1.29, 1.82) is 0 Å². The number of hydrogen-bond acceptors (Lipinski definition) is 5. The molecule has 136 valence electrons. The van der Waals surface area contributed by atoms with Crippen molar-refractivity contribution in [3.63, 3.8) is 0 Å². The molecule has 1 aromatic carbocycles. The third-order valence-corrected chi connectivity index (χ3v) is 4.91. The van der Waals surface area contributed by atoms with Gasteiger partial charge in [0.15, 0.2) is 0 Å². The van der Waals surface area contributed by atoms with Crippen LogP contribution in [0, 0.1) is 0 Å². The molecule has 0 saturated carbocycles. The summed E-state index contributed by atoms with van der Waals surface area (Å²) in [6.07, 6.45) is 5.86. The second-order valence-electron chi connectivity index (χ2n) is 5.96. The van der Waals surface area contributed by atoms with Gasteiger partial charge in [0, 0.05) is 11.1 Å². The molecule has 1 heterocycles. The van der Waals surface area contributed by atoms with Gasteiger partial charge >= 0.3 is 0 Å². The summed E-state index contributed by atoms with van der Waals surface area (Å²) in [5.74, 6) is 0.284. The summed E-state index contributed by atoms with van der Waals surface area (Å²) in [6, 6.07) is 7.42. The fourth-order valence-corrected chi connectivity index (χ4v) is 3.24. The van der Waals surface area contributed by atoms with Crippen molar-refractivity contribution in [2.24, 2.45) is 0 Å². The van der Waals surface area contributed by atoms with Crippen molar-refractivity contribution < 1.29 is 4.79 Å². The first-order chi connectivity index (χ1) is 12.1. The highest BCUT2D eigenvalue weighted by molar-refractivity contribution is 7.99. The quantitative estimate of drug-likeness (QED) is 0.499. The largest absolute Gasteiger partial charge is 0.353 e. The van der Waals surface area contributed by atoms with Crippen LogP contribution in [0.2, 0.25) is 5.02 Å². The van der Waals surface area contributed by atoms with Crippen molar-refractivity contribution in [3.8, 4) is 5.69 Å². The molecular formula is C17H24ClN5OS. The molecule has 1 aromatic heterocycles. The van der Waals surface area contributed by atoms with Gasteiger partial charge in [-0.05, 0) is 48.0 Å². The van der Waals surface area contributed by atoms with Crippen LogP contribution in [0.5, 0.6) is 0 Å². The fourth-order valence-electron chi connectivity index (χ4n) is 2.41. The number of rotatable bonds is 10. The number of thioether (sulfide) groups is 1. The number of halogens is 1. The molecule has 0 fully saturated rings. The van der Waals surface area contributed by atoms with Crippen molar-refractivity contribution in [2.75, 3.05) is 5.75 Å². The van der Waals surface area contributed by atoms with E-state index in [1.165, 1.54) is 31.0 Å². The molecule has 2 rings (SSSR count). The SMILES string of the molecule is CCCCCC[C@H](C)NC(=O)CSc1nnnn1-c1ccc(Cl)cc1. The lowest BCUT2D eigenvalue weighted by molar-refractivity contribution is -0.119. The third kappa shape index (κ3) is 6.66. The van der Waals surface area contributed by atoms with Crippen molar-refractivity contribution >= 4 is 29.3 Å². The predicted octanol–water partition coefficient (Wildman–Crippen LogP) is 3.88. The van der Waals surface area contributed by atoms with Gasteiger partial charge in [-0.1, -0.05) is 56.0 Å². The number of amides is 1. The zero-order valence-corrected chi connectivity index (χ0v) is 16.2. The van der Waals surface area contributed by atoms with Gasteiger partial charge in [0.2, 0.25) is 11.1 Å². The topological polar surface area (TPSA) is 72.7 Å². The van der Waals surface area contributed by atoms with Gasteiger partial charge in [-0.25, -0.2) is 0 Å². The average Bonchev–Trinajstić information content (AvgIpc) is 3.06. The molecule has 25 heavy (non-hydrogen) atoms. The number of tetrazole rings is 1. The van der Waals surface area contributed by atoms with Crippen LogP contribution in [0.4, 0.5) is 0 Å². The molecule has 0 spiro atoms. The Balaban J connectivity index is 1.80. The summed E-state index contributed by atoms with van der Waals surface area (Å²) >= 11 is 7.22. The highest BCUT2D eigenvalue weighted by Crippen LogP contribution is 2.19. The zero-order chi connectivity index (χ0) is 18.1. The lowest BCUT2D eigenvalue weighted by Gasteiger charge is -2.13. The second-order valence-corrected chi connectivity index (χ2v) is 7.34. The van der Waals surface area contributed by atoms with E-state index in [0.717, 1.165) is 18.5 Å². The molecule has 0 bridgehead atoms. The molecule has 0 unspecified atom stereocenters. The van der Waals surface area contributed by atoms with Gasteiger partial charge in [0.25, 0.3) is 0 Å². The summed E-state index contributed by atoms with van der Waals surface area (Å²) in [4.78, 5) is 12.1. The number of carbonyl (C=O) groups excluding carboxylic acids is 1. The first-order valence-corrected chi connectivity index (χ1v) is 9.93. The fraction of sp³-hybridized carbons (Fsp3) is 0.529. The van der Waals surface area contributed by atoms with Crippen LogP contribution >= 0.6 is 23.4 Å². The molecule has 1 N–H and O–H groups in total. The highest BCUT2D eigenvalue weighted by Gasteiger charge is 2.13. The number of benzene rings is 1. The van der Waals surface area contributed by atoms with Gasteiger partial charge in [-0.15, -0.1) is 5.10 Å². The minimum Gasteiger partial charge on any atom is -0.353 e. The monoisotopic (exact) mass is 381 g/mol. The highest BCUT2D eigenvalue weighted by atomic mass is 35.5. The molecule has 0 saturated heterocycles. The van der Waals surface area contributed by atoms with E-state index in [9.17, 15) is 4.79 Å². The first kappa shape index (κ1) is 19.7. The van der Waals surface area contributed by atoms with E-state index < -0.39 is 0 Å². The normalized spacial score (nSPS) is 12.1. The lowest BCUT2D eigenvalue weighted by atomic mass is 10.1. The Kier molecular flexibility index (Phi) is 8.21. The maximum atomic E-state index is 12.1. The third-order valence-electron chi connectivity index (χ3n) is 3.74. The van der Waals surface area contributed by atoms with Gasteiger partial charge in [0.1, 0.15) is 0 Å². The Hall–Kier alpha value is -1.60. The summed E-state index contributed by atoms with van der Waals surface area (Å²) in [7, 11) is 0. The summed E-state index contributed by atoms with van der Waals surface area (Å²) in [5, 5.41) is 15.9. The van der Waals surface area contributed by atoms with E-state index in [-0.39, 0.29) is 17.7 Å². The summed E-state index contributed by atoms with van der Waals surface area (Å²) < 4.78 is 1.60. The number of aromatic nitrogens is 4. The second kappa shape index (κ2) is 10.4. The van der Waals surface area contributed by atoms with E-state index in [4.69, 9.17) is 11.6 Å². The Morgan fingerprint density at radius 1 is 1.28 bits per heavy atom. The van der Waals surface area contributed by atoms with Crippen molar-refractivity contribution in [3.05, 3.63) is 29.3 Å². The standard InChI is InChI=1S/C17H24ClN5OS/c1-3-4-5-6-7-13(2)19-16(24)12-25-17-20-21-22-23(17)15-10-8-14(18)9-11-15/h8-11,13H,3-7,12H2,1-2H3,(H,19,24)/t13-/m0/s1. The smallest absolute Gasteiger partial charge is 0.230 e. The summed E-state index contributed by atoms with van der Waals surface area (Å²) in [6.45, 7) is 4.24. The van der Waals surface area contributed by atoms with Crippen LogP contribution in [-0.4, -0.2) is 37.9 Å². The Labute approximate surface area is 157 Å². The number of carbonyl (C=O) groups is 1. The molecule has 1 atom stereocenters. The van der Waals surface area contributed by atoms with E-state index in [1.807, 2.05) is 19.1 Å². The summed E-state index contributed by atoms with van der Waals surface area (Å²) in [5.41, 5.74) is 0.807. The van der Waals surface area contributed by atoms with Crippen molar-refractivity contribution in [1.82, 2.24) is 25.5 Å². The molecule has 0 aliphatic carbocycles. The van der Waals surface area contributed by atoms with E-state index in [1.54, 1.807) is 16.8 Å². The predicted molar refractivity (Wildman–Crippen MR) is 101 cm³/mol.